The van der Waals surface area contributed by atoms with E-state index in [0.29, 0.717) is 24.1 Å². The third-order valence-electron chi connectivity index (χ3n) is 2.49. The van der Waals surface area contributed by atoms with Crippen LogP contribution in [0.4, 0.5) is 4.39 Å². The van der Waals surface area contributed by atoms with Crippen LogP contribution < -0.4 is 5.32 Å². The molecular formula is C15H18FNO3. The van der Waals surface area contributed by atoms with Crippen LogP contribution in [0.15, 0.2) is 24.3 Å². The molecule has 0 heterocycles. The van der Waals surface area contributed by atoms with Gasteiger partial charge in [0.15, 0.2) is 0 Å². The first-order valence-corrected chi connectivity index (χ1v) is 6.42. The molecule has 0 spiro atoms. The van der Waals surface area contributed by atoms with E-state index in [2.05, 4.69) is 5.32 Å². The lowest BCUT2D eigenvalue weighted by molar-refractivity contribution is -0.118. The van der Waals surface area contributed by atoms with Gasteiger partial charge in [0.1, 0.15) is 5.82 Å². The van der Waals surface area contributed by atoms with Gasteiger partial charge in [-0.1, -0.05) is 12.2 Å². The van der Waals surface area contributed by atoms with Crippen LogP contribution in [-0.4, -0.2) is 25.0 Å². The number of halogens is 1. The van der Waals surface area contributed by atoms with Crippen LogP contribution in [0.2, 0.25) is 0 Å². The topological polar surface area (TPSA) is 55.4 Å². The van der Waals surface area contributed by atoms with E-state index in [0.717, 1.165) is 0 Å². The largest absolute Gasteiger partial charge is 0.462 e. The molecule has 4 nitrogen and oxygen atoms in total. The molecule has 0 aliphatic heterocycles. The molecule has 1 N–H and O–H groups in total. The summed E-state index contributed by atoms with van der Waals surface area (Å²) < 4.78 is 18.1. The second kappa shape index (κ2) is 8.09. The zero-order valence-corrected chi connectivity index (χ0v) is 11.6. The fraction of sp³-hybridized carbons (Fsp3) is 0.333. The summed E-state index contributed by atoms with van der Waals surface area (Å²) in [5.74, 6) is -0.995. The zero-order chi connectivity index (χ0) is 15.0. The molecule has 20 heavy (non-hydrogen) atoms. The quantitative estimate of drug-likeness (QED) is 0.643. The predicted molar refractivity (Wildman–Crippen MR) is 74.7 cm³/mol. The molecule has 0 atom stereocenters. The van der Waals surface area contributed by atoms with E-state index in [1.165, 1.54) is 25.1 Å². The molecule has 0 unspecified atom stereocenters. The van der Waals surface area contributed by atoms with Crippen molar-refractivity contribution in [3.8, 4) is 0 Å². The van der Waals surface area contributed by atoms with Gasteiger partial charge in [-0.15, -0.1) is 0 Å². The summed E-state index contributed by atoms with van der Waals surface area (Å²) in [5, 5.41) is 2.64. The summed E-state index contributed by atoms with van der Waals surface area (Å²) in [6.45, 7) is 3.91. The normalized spacial score (nSPS) is 10.6. The molecule has 0 aromatic heterocycles. The minimum Gasteiger partial charge on any atom is -0.462 e. The van der Waals surface area contributed by atoms with Gasteiger partial charge < -0.3 is 10.1 Å². The Morgan fingerprint density at radius 3 is 2.80 bits per heavy atom. The van der Waals surface area contributed by atoms with Gasteiger partial charge in [0.05, 0.1) is 12.2 Å². The highest BCUT2D eigenvalue weighted by Crippen LogP contribution is 2.15. The highest BCUT2D eigenvalue weighted by Gasteiger charge is 2.11. The second-order valence-electron chi connectivity index (χ2n) is 4.13. The molecule has 0 aliphatic carbocycles. The molecule has 1 aromatic carbocycles. The first-order valence-electron chi connectivity index (χ1n) is 6.42. The fourth-order valence-corrected chi connectivity index (χ4v) is 1.61. The summed E-state index contributed by atoms with van der Waals surface area (Å²) in [5.41, 5.74) is 0.787. The van der Waals surface area contributed by atoms with Crippen molar-refractivity contribution in [3.63, 3.8) is 0 Å². The number of hydrogen-bond donors (Lipinski definition) is 1. The van der Waals surface area contributed by atoms with Crippen molar-refractivity contribution in [1.82, 2.24) is 5.32 Å². The Hall–Kier alpha value is -2.17. The van der Waals surface area contributed by atoms with Crippen LogP contribution in [-0.2, 0) is 9.53 Å². The number of nitrogens with one attached hydrogen (secondary N) is 1. The molecular weight excluding hydrogens is 261 g/mol. The average Bonchev–Trinajstić information content (AvgIpc) is 2.38. The summed E-state index contributed by atoms with van der Waals surface area (Å²) in [4.78, 5) is 22.4. The van der Waals surface area contributed by atoms with Gasteiger partial charge in [-0.25, -0.2) is 9.18 Å². The Balaban J connectivity index is 2.76. The molecule has 108 valence electrons. The van der Waals surface area contributed by atoms with Gasteiger partial charge in [-0.2, -0.15) is 0 Å². The summed E-state index contributed by atoms with van der Waals surface area (Å²) in [7, 11) is 0. The van der Waals surface area contributed by atoms with Gasteiger partial charge in [-0.05, 0) is 37.1 Å². The number of ether oxygens (including phenoxy) is 1. The molecule has 1 rings (SSSR count). The summed E-state index contributed by atoms with van der Waals surface area (Å²) in [6, 6.07) is 3.91. The minimum absolute atomic E-state index is 0.101. The average molecular weight is 279 g/mol. The second-order valence-corrected chi connectivity index (χ2v) is 4.13. The molecule has 5 heteroatoms. The third kappa shape index (κ3) is 5.22. The number of benzene rings is 1. The smallest absolute Gasteiger partial charge is 0.338 e. The van der Waals surface area contributed by atoms with Gasteiger partial charge in [0.2, 0.25) is 5.91 Å². The van der Waals surface area contributed by atoms with E-state index in [1.807, 2.05) is 0 Å². The number of esters is 1. The fourth-order valence-electron chi connectivity index (χ4n) is 1.61. The molecule has 0 saturated heterocycles. The van der Waals surface area contributed by atoms with Crippen LogP contribution in [0.3, 0.4) is 0 Å². The number of rotatable bonds is 6. The lowest BCUT2D eigenvalue weighted by atomic mass is 10.1. The molecule has 0 bridgehead atoms. The van der Waals surface area contributed by atoms with Crippen molar-refractivity contribution >= 4 is 18.0 Å². The van der Waals surface area contributed by atoms with E-state index in [4.69, 9.17) is 4.74 Å². The van der Waals surface area contributed by atoms with Crippen molar-refractivity contribution in [2.45, 2.75) is 20.3 Å². The Kier molecular flexibility index (Phi) is 6.43. The number of hydrogen-bond acceptors (Lipinski definition) is 3. The first-order chi connectivity index (χ1) is 9.54. The van der Waals surface area contributed by atoms with Gasteiger partial charge in [-0.3, -0.25) is 4.79 Å². The molecule has 1 aromatic rings. The van der Waals surface area contributed by atoms with E-state index in [1.54, 1.807) is 19.1 Å². The van der Waals surface area contributed by atoms with E-state index >= 15 is 0 Å². The molecule has 0 aliphatic rings. The zero-order valence-electron chi connectivity index (χ0n) is 11.6. The summed E-state index contributed by atoms with van der Waals surface area (Å²) in [6.07, 6.45) is 4.02. The van der Waals surface area contributed by atoms with Crippen molar-refractivity contribution in [2.75, 3.05) is 13.2 Å². The third-order valence-corrected chi connectivity index (χ3v) is 2.49. The first kappa shape index (κ1) is 15.9. The predicted octanol–water partition coefficient (Wildman–Crippen LogP) is 2.54. The SMILES string of the molecule is CCOC(=O)c1ccc(F)cc1C=CCCNC(C)=O. The van der Waals surface area contributed by atoms with Crippen LogP contribution in [0.1, 0.15) is 36.2 Å². The molecule has 0 saturated carbocycles. The van der Waals surface area contributed by atoms with Gasteiger partial charge >= 0.3 is 5.97 Å². The Morgan fingerprint density at radius 2 is 2.15 bits per heavy atom. The van der Waals surface area contributed by atoms with Crippen molar-refractivity contribution in [1.29, 1.82) is 0 Å². The molecule has 0 radical (unpaired) electrons. The van der Waals surface area contributed by atoms with Crippen LogP contribution in [0.5, 0.6) is 0 Å². The van der Waals surface area contributed by atoms with E-state index in [9.17, 15) is 14.0 Å². The van der Waals surface area contributed by atoms with Crippen LogP contribution >= 0.6 is 0 Å². The lowest BCUT2D eigenvalue weighted by Crippen LogP contribution is -2.20. The number of amides is 1. The molecule has 0 fully saturated rings. The minimum atomic E-state index is -0.478. The standard InChI is InChI=1S/C15H18FNO3/c1-3-20-15(19)14-8-7-13(16)10-12(14)6-4-5-9-17-11(2)18/h4,6-8,10H,3,5,9H2,1-2H3,(H,17,18). The van der Waals surface area contributed by atoms with E-state index in [-0.39, 0.29) is 12.5 Å². The van der Waals surface area contributed by atoms with Crippen molar-refractivity contribution < 1.29 is 18.7 Å². The Bertz CT molecular complexity index is 512. The summed E-state index contributed by atoms with van der Waals surface area (Å²) >= 11 is 0. The maximum absolute atomic E-state index is 13.2. The number of carbonyl (C=O) groups is 2. The monoisotopic (exact) mass is 279 g/mol. The van der Waals surface area contributed by atoms with Gasteiger partial charge in [0.25, 0.3) is 0 Å². The highest BCUT2D eigenvalue weighted by atomic mass is 19.1. The highest BCUT2D eigenvalue weighted by molar-refractivity contribution is 5.93. The van der Waals surface area contributed by atoms with Crippen LogP contribution in [0.25, 0.3) is 6.08 Å². The van der Waals surface area contributed by atoms with Crippen molar-refractivity contribution in [3.05, 3.63) is 41.2 Å². The van der Waals surface area contributed by atoms with Crippen molar-refractivity contribution in [2.24, 2.45) is 0 Å². The maximum Gasteiger partial charge on any atom is 0.338 e. The maximum atomic E-state index is 13.2. The van der Waals surface area contributed by atoms with E-state index < -0.39 is 11.8 Å². The Labute approximate surface area is 117 Å². The Morgan fingerprint density at radius 1 is 1.40 bits per heavy atom. The van der Waals surface area contributed by atoms with Gasteiger partial charge in [0, 0.05) is 13.5 Å². The van der Waals surface area contributed by atoms with Crippen LogP contribution in [0, 0.1) is 5.82 Å². The lowest BCUT2D eigenvalue weighted by Gasteiger charge is -2.06. The molecule has 1 amide bonds. The number of carbonyl (C=O) groups excluding carboxylic acids is 2.